The van der Waals surface area contributed by atoms with E-state index in [1.807, 2.05) is 37.3 Å². The quantitative estimate of drug-likeness (QED) is 0.228. The van der Waals surface area contributed by atoms with Gasteiger partial charge < -0.3 is 14.6 Å². The minimum Gasteiger partial charge on any atom is -0.495 e. The first-order chi connectivity index (χ1) is 19.7. The van der Waals surface area contributed by atoms with Gasteiger partial charge in [-0.15, -0.1) is 0 Å². The van der Waals surface area contributed by atoms with Gasteiger partial charge in [-0.25, -0.2) is 14.5 Å². The lowest BCUT2D eigenvalue weighted by Crippen LogP contribution is -2.18. The van der Waals surface area contributed by atoms with Crippen LogP contribution in [0.3, 0.4) is 0 Å². The molecule has 0 fully saturated rings. The highest BCUT2D eigenvalue weighted by Crippen LogP contribution is 2.35. The Hall–Kier alpha value is -5.19. The maximum Gasteiger partial charge on any atom is 0.434 e. The van der Waals surface area contributed by atoms with Crippen LogP contribution in [0.4, 0.5) is 13.2 Å². The van der Waals surface area contributed by atoms with E-state index in [1.165, 1.54) is 12.1 Å². The molecule has 0 amide bonds. The first-order valence-electron chi connectivity index (χ1n) is 12.3. The van der Waals surface area contributed by atoms with Gasteiger partial charge in [-0.2, -0.15) is 18.3 Å². The van der Waals surface area contributed by atoms with E-state index in [0.717, 1.165) is 22.4 Å². The molecular formula is C30H23F3N4O4. The number of methoxy groups -OCH3 is 1. The summed E-state index contributed by atoms with van der Waals surface area (Å²) in [6.45, 7) is 2.20. The van der Waals surface area contributed by atoms with Crippen LogP contribution in [-0.4, -0.2) is 37.9 Å². The number of para-hydroxylation sites is 1. The van der Waals surface area contributed by atoms with Gasteiger partial charge >= 0.3 is 12.1 Å². The van der Waals surface area contributed by atoms with Crippen LogP contribution < -0.4 is 9.47 Å². The second-order valence-electron chi connectivity index (χ2n) is 9.01. The fourth-order valence-corrected chi connectivity index (χ4v) is 4.29. The Kier molecular flexibility index (Phi) is 7.43. The van der Waals surface area contributed by atoms with Crippen LogP contribution in [0.25, 0.3) is 28.3 Å². The number of hydrogen-bond acceptors (Lipinski definition) is 6. The molecule has 2 aromatic carbocycles. The summed E-state index contributed by atoms with van der Waals surface area (Å²) >= 11 is 0. The molecular weight excluding hydrogens is 537 g/mol. The molecule has 0 atom stereocenters. The SMILES string of the molecule is COc1ccc(-c2ccc(COc3ccccc3-c3cccc(-n4ncc(C(=O)O)c4C(F)(F)F)n3)c(C)c2)nc1. The Morgan fingerprint density at radius 1 is 0.976 bits per heavy atom. The van der Waals surface area contributed by atoms with E-state index in [9.17, 15) is 23.1 Å². The number of aryl methyl sites for hydroxylation is 1. The zero-order valence-corrected chi connectivity index (χ0v) is 21.9. The van der Waals surface area contributed by atoms with Crippen LogP contribution in [0.5, 0.6) is 11.5 Å². The molecule has 0 bridgehead atoms. The maximum absolute atomic E-state index is 13.7. The van der Waals surface area contributed by atoms with Crippen molar-refractivity contribution >= 4 is 5.97 Å². The second-order valence-corrected chi connectivity index (χ2v) is 9.01. The van der Waals surface area contributed by atoms with E-state index in [4.69, 9.17) is 9.47 Å². The van der Waals surface area contributed by atoms with Gasteiger partial charge in [0.2, 0.25) is 0 Å². The van der Waals surface area contributed by atoms with Crippen LogP contribution in [0, 0.1) is 6.92 Å². The van der Waals surface area contributed by atoms with Crippen LogP contribution in [0.15, 0.2) is 85.2 Å². The molecule has 208 valence electrons. The molecule has 0 radical (unpaired) electrons. The molecule has 0 spiro atoms. The average Bonchev–Trinajstić information content (AvgIpc) is 3.44. The number of carboxylic acids is 1. The highest BCUT2D eigenvalue weighted by atomic mass is 19.4. The summed E-state index contributed by atoms with van der Waals surface area (Å²) in [5.41, 5.74) is 2.18. The first-order valence-corrected chi connectivity index (χ1v) is 12.3. The molecule has 3 aromatic heterocycles. The zero-order valence-electron chi connectivity index (χ0n) is 21.9. The van der Waals surface area contributed by atoms with Crippen molar-refractivity contribution in [3.8, 4) is 39.8 Å². The summed E-state index contributed by atoms with van der Waals surface area (Å²) in [6, 6.07) is 21.1. The van der Waals surface area contributed by atoms with Crippen LogP contribution in [0.2, 0.25) is 0 Å². The molecule has 0 aliphatic rings. The van der Waals surface area contributed by atoms with Crippen molar-refractivity contribution in [1.29, 1.82) is 0 Å². The third-order valence-electron chi connectivity index (χ3n) is 6.38. The summed E-state index contributed by atoms with van der Waals surface area (Å²) in [5, 5.41) is 12.9. The number of aromatic nitrogens is 4. The van der Waals surface area contributed by atoms with Gasteiger partial charge in [-0.3, -0.25) is 4.98 Å². The van der Waals surface area contributed by atoms with Crippen LogP contribution >= 0.6 is 0 Å². The summed E-state index contributed by atoms with van der Waals surface area (Å²) in [6.07, 6.45) is -2.64. The minimum absolute atomic E-state index is 0.185. The summed E-state index contributed by atoms with van der Waals surface area (Å²) < 4.78 is 53.0. The van der Waals surface area contributed by atoms with Gasteiger partial charge in [0.25, 0.3) is 0 Å². The molecule has 41 heavy (non-hydrogen) atoms. The number of hydrogen-bond donors (Lipinski definition) is 1. The van der Waals surface area contributed by atoms with Gasteiger partial charge in [-0.05, 0) is 60.5 Å². The lowest BCUT2D eigenvalue weighted by atomic mass is 10.0. The van der Waals surface area contributed by atoms with Gasteiger partial charge in [0, 0.05) is 11.1 Å². The smallest absolute Gasteiger partial charge is 0.434 e. The highest BCUT2D eigenvalue weighted by molar-refractivity contribution is 5.89. The maximum atomic E-state index is 13.7. The van der Waals surface area contributed by atoms with Gasteiger partial charge in [0.05, 0.1) is 30.9 Å². The lowest BCUT2D eigenvalue weighted by Gasteiger charge is -2.15. The average molecular weight is 561 g/mol. The fraction of sp³-hybridized carbons (Fsp3) is 0.133. The zero-order chi connectivity index (χ0) is 29.1. The van der Waals surface area contributed by atoms with Crippen molar-refractivity contribution < 1.29 is 32.5 Å². The minimum atomic E-state index is -4.96. The molecule has 0 aliphatic carbocycles. The largest absolute Gasteiger partial charge is 0.495 e. The molecule has 8 nitrogen and oxygen atoms in total. The molecule has 0 saturated heterocycles. The summed E-state index contributed by atoms with van der Waals surface area (Å²) in [4.78, 5) is 20.2. The van der Waals surface area contributed by atoms with E-state index < -0.39 is 23.4 Å². The molecule has 1 N–H and O–H groups in total. The number of carboxylic acid groups (broad SMARTS) is 1. The van der Waals surface area contributed by atoms with E-state index in [1.54, 1.807) is 43.6 Å². The highest BCUT2D eigenvalue weighted by Gasteiger charge is 2.41. The Bertz CT molecular complexity index is 1720. The Morgan fingerprint density at radius 3 is 2.46 bits per heavy atom. The van der Waals surface area contributed by atoms with Crippen molar-refractivity contribution in [2.24, 2.45) is 0 Å². The number of benzene rings is 2. The summed E-state index contributed by atoms with van der Waals surface area (Å²) in [5.74, 6) is -0.775. The molecule has 3 heterocycles. The van der Waals surface area contributed by atoms with Crippen molar-refractivity contribution in [3.63, 3.8) is 0 Å². The van der Waals surface area contributed by atoms with Crippen molar-refractivity contribution in [3.05, 3.63) is 108 Å². The van der Waals surface area contributed by atoms with E-state index in [-0.39, 0.29) is 12.4 Å². The van der Waals surface area contributed by atoms with Crippen molar-refractivity contribution in [2.45, 2.75) is 19.7 Å². The molecule has 11 heteroatoms. The Labute approximate surface area is 232 Å². The van der Waals surface area contributed by atoms with Gasteiger partial charge in [-0.1, -0.05) is 30.3 Å². The van der Waals surface area contributed by atoms with Gasteiger partial charge in [0.1, 0.15) is 23.7 Å². The molecule has 0 unspecified atom stereocenters. The third-order valence-corrected chi connectivity index (χ3v) is 6.38. The van der Waals surface area contributed by atoms with E-state index in [2.05, 4.69) is 15.1 Å². The normalized spacial score (nSPS) is 11.3. The second kappa shape index (κ2) is 11.1. The monoisotopic (exact) mass is 560 g/mol. The molecule has 5 aromatic rings. The van der Waals surface area contributed by atoms with Gasteiger partial charge in [0.15, 0.2) is 11.5 Å². The van der Waals surface area contributed by atoms with E-state index >= 15 is 0 Å². The molecule has 5 rings (SSSR count). The third kappa shape index (κ3) is 5.74. The molecule has 0 saturated carbocycles. The van der Waals surface area contributed by atoms with Crippen molar-refractivity contribution in [1.82, 2.24) is 19.7 Å². The Morgan fingerprint density at radius 2 is 1.78 bits per heavy atom. The van der Waals surface area contributed by atoms with Crippen LogP contribution in [-0.2, 0) is 12.8 Å². The number of pyridine rings is 2. The Balaban J connectivity index is 1.41. The number of nitrogens with zero attached hydrogens (tertiary/aromatic N) is 4. The number of ether oxygens (including phenoxy) is 2. The predicted octanol–water partition coefficient (Wildman–Crippen LogP) is 6.61. The van der Waals surface area contributed by atoms with Crippen LogP contribution in [0.1, 0.15) is 27.2 Å². The van der Waals surface area contributed by atoms with E-state index in [0.29, 0.717) is 33.6 Å². The number of halogens is 3. The standard InChI is InChI=1S/C30H23F3N4O4/c1-18-14-19(24-13-12-21(40-2)15-34-24)10-11-20(18)17-41-26-8-4-3-6-22(26)25-7-5-9-27(36-25)37-28(30(31,32)33)23(16-35-37)29(38)39/h3-16H,17H2,1-2H3,(H,38,39). The number of aromatic carboxylic acids is 1. The lowest BCUT2D eigenvalue weighted by molar-refractivity contribution is -0.143. The predicted molar refractivity (Wildman–Crippen MR) is 144 cm³/mol. The topological polar surface area (TPSA) is 99.4 Å². The fourth-order valence-electron chi connectivity index (χ4n) is 4.29. The number of alkyl halides is 3. The molecule has 0 aliphatic heterocycles. The first kappa shape index (κ1) is 27.4. The number of rotatable bonds is 8. The summed E-state index contributed by atoms with van der Waals surface area (Å²) in [7, 11) is 1.58. The number of carbonyl (C=O) groups is 1. The van der Waals surface area contributed by atoms with Crippen molar-refractivity contribution in [2.75, 3.05) is 7.11 Å².